The lowest BCUT2D eigenvalue weighted by Crippen LogP contribution is -2.15. The zero-order valence-corrected chi connectivity index (χ0v) is 11.8. The number of nitrogens with one attached hydrogen (secondary N) is 3. The van der Waals surface area contributed by atoms with Gasteiger partial charge in [-0.2, -0.15) is 13.2 Å². The van der Waals surface area contributed by atoms with Crippen LogP contribution in [0.1, 0.15) is 15.9 Å². The van der Waals surface area contributed by atoms with Gasteiger partial charge < -0.3 is 5.32 Å². The molecule has 0 saturated carbocycles. The summed E-state index contributed by atoms with van der Waals surface area (Å²) < 4.78 is 51.5. The first kappa shape index (κ1) is 15.8. The molecule has 0 atom stereocenters. The Morgan fingerprint density at radius 3 is 2.54 bits per heavy atom. The minimum atomic E-state index is -4.77. The van der Waals surface area contributed by atoms with E-state index in [2.05, 4.69) is 15.5 Å². The van der Waals surface area contributed by atoms with Crippen molar-refractivity contribution in [1.82, 2.24) is 10.2 Å². The molecule has 0 bridgehead atoms. The van der Waals surface area contributed by atoms with Gasteiger partial charge in [-0.3, -0.25) is 19.8 Å². The number of hydrogen-bond acceptors (Lipinski definition) is 2. The van der Waals surface area contributed by atoms with Crippen LogP contribution < -0.4 is 10.9 Å². The second-order valence-corrected chi connectivity index (χ2v) is 4.99. The highest BCUT2D eigenvalue weighted by molar-refractivity contribution is 6.08. The molecule has 1 aromatic heterocycles. The Bertz CT molecular complexity index is 988. The maximum absolute atomic E-state index is 13.4. The van der Waals surface area contributed by atoms with Crippen molar-refractivity contribution >= 4 is 22.5 Å². The molecule has 0 unspecified atom stereocenters. The van der Waals surface area contributed by atoms with Crippen LogP contribution in [-0.4, -0.2) is 16.1 Å². The van der Waals surface area contributed by atoms with Gasteiger partial charge in [-0.25, -0.2) is 4.39 Å². The summed E-state index contributed by atoms with van der Waals surface area (Å²) in [5.74, 6) is -2.11. The van der Waals surface area contributed by atoms with E-state index in [4.69, 9.17) is 0 Å². The number of benzene rings is 2. The molecular formula is C15H9F4N3O2. The van der Waals surface area contributed by atoms with Crippen LogP contribution in [0.4, 0.5) is 23.2 Å². The maximum Gasteiger partial charge on any atom is 0.416 e. The first-order chi connectivity index (χ1) is 11.3. The van der Waals surface area contributed by atoms with Crippen molar-refractivity contribution < 1.29 is 22.4 Å². The molecule has 124 valence electrons. The van der Waals surface area contributed by atoms with Crippen molar-refractivity contribution in [3.05, 3.63) is 63.7 Å². The monoisotopic (exact) mass is 339 g/mol. The Hall–Kier alpha value is -3.10. The van der Waals surface area contributed by atoms with E-state index < -0.39 is 34.6 Å². The highest BCUT2D eigenvalue weighted by atomic mass is 19.4. The molecular weight excluding hydrogens is 330 g/mol. The third-order valence-corrected chi connectivity index (χ3v) is 3.35. The Balaban J connectivity index is 1.98. The third-order valence-electron chi connectivity index (χ3n) is 3.35. The van der Waals surface area contributed by atoms with Gasteiger partial charge in [-0.05, 0) is 30.3 Å². The molecule has 0 aliphatic carbocycles. The van der Waals surface area contributed by atoms with Crippen molar-refractivity contribution in [2.45, 2.75) is 6.18 Å². The largest absolute Gasteiger partial charge is 0.416 e. The molecule has 0 aliphatic heterocycles. The molecule has 0 saturated heterocycles. The van der Waals surface area contributed by atoms with Crippen LogP contribution in [0.3, 0.4) is 0 Å². The predicted molar refractivity (Wildman–Crippen MR) is 78.3 cm³/mol. The van der Waals surface area contributed by atoms with Gasteiger partial charge >= 0.3 is 6.18 Å². The number of rotatable bonds is 2. The molecule has 1 amide bonds. The molecule has 9 heteroatoms. The lowest BCUT2D eigenvalue weighted by molar-refractivity contribution is -0.137. The summed E-state index contributed by atoms with van der Waals surface area (Å²) in [4.78, 5) is 23.7. The Labute approximate surface area is 131 Å². The predicted octanol–water partition coefficient (Wildman–Crippen LogP) is 3.27. The number of aromatic amines is 2. The van der Waals surface area contributed by atoms with Crippen LogP contribution in [-0.2, 0) is 6.18 Å². The normalized spacial score (nSPS) is 11.7. The lowest BCUT2D eigenvalue weighted by atomic mass is 10.1. The number of fused-ring (bicyclic) bond motifs is 1. The van der Waals surface area contributed by atoms with Gasteiger partial charge in [0.1, 0.15) is 5.82 Å². The van der Waals surface area contributed by atoms with Gasteiger partial charge in [0, 0.05) is 5.56 Å². The molecule has 0 fully saturated rings. The van der Waals surface area contributed by atoms with Crippen molar-refractivity contribution in [3.63, 3.8) is 0 Å². The lowest BCUT2D eigenvalue weighted by Gasteiger charge is -2.10. The number of para-hydroxylation sites is 1. The fourth-order valence-electron chi connectivity index (χ4n) is 2.25. The van der Waals surface area contributed by atoms with E-state index in [-0.39, 0.29) is 16.6 Å². The van der Waals surface area contributed by atoms with E-state index in [1.807, 2.05) is 0 Å². The molecule has 3 rings (SSSR count). The van der Waals surface area contributed by atoms with Gasteiger partial charge in [0.15, 0.2) is 0 Å². The third kappa shape index (κ3) is 2.87. The molecule has 0 spiro atoms. The van der Waals surface area contributed by atoms with E-state index in [0.717, 1.165) is 0 Å². The molecule has 3 N–H and O–H groups in total. The first-order valence-corrected chi connectivity index (χ1v) is 6.64. The van der Waals surface area contributed by atoms with Gasteiger partial charge in [0.05, 0.1) is 22.2 Å². The molecule has 3 aromatic rings. The van der Waals surface area contributed by atoms with Crippen LogP contribution >= 0.6 is 0 Å². The van der Waals surface area contributed by atoms with Crippen molar-refractivity contribution in [2.75, 3.05) is 5.32 Å². The summed E-state index contributed by atoms with van der Waals surface area (Å²) in [5.41, 5.74) is -1.71. The standard InChI is InChI=1S/C15H9F4N3O2/c16-9-5-7(4-8(6-9)15(17,18)19)13(23)20-11-3-1-2-10-12(11)21-22-14(10)24/h1-6H,(H,20,23)(H2,21,22,24). The fraction of sp³-hybridized carbons (Fsp3) is 0.0667. The molecule has 1 heterocycles. The summed E-state index contributed by atoms with van der Waals surface area (Å²) in [6.45, 7) is 0. The number of aromatic nitrogens is 2. The average Bonchev–Trinajstić information content (AvgIpc) is 2.88. The number of alkyl halides is 3. The van der Waals surface area contributed by atoms with Crippen molar-refractivity contribution in [2.24, 2.45) is 0 Å². The van der Waals surface area contributed by atoms with Gasteiger partial charge in [0.25, 0.3) is 11.5 Å². The van der Waals surface area contributed by atoms with E-state index in [1.54, 1.807) is 0 Å². The summed E-state index contributed by atoms with van der Waals surface area (Å²) in [7, 11) is 0. The first-order valence-electron chi connectivity index (χ1n) is 6.64. The summed E-state index contributed by atoms with van der Waals surface area (Å²) in [6, 6.07) is 6.01. The molecule has 0 radical (unpaired) electrons. The van der Waals surface area contributed by atoms with Gasteiger partial charge in [-0.15, -0.1) is 0 Å². The smallest absolute Gasteiger partial charge is 0.320 e. The molecule has 0 aliphatic rings. The van der Waals surface area contributed by atoms with E-state index in [1.165, 1.54) is 18.2 Å². The highest BCUT2D eigenvalue weighted by Crippen LogP contribution is 2.30. The van der Waals surface area contributed by atoms with Crippen LogP contribution in [0, 0.1) is 5.82 Å². The summed E-state index contributed by atoms with van der Waals surface area (Å²) >= 11 is 0. The zero-order chi connectivity index (χ0) is 17.5. The average molecular weight is 339 g/mol. The van der Waals surface area contributed by atoms with E-state index >= 15 is 0 Å². The number of halogens is 4. The van der Waals surface area contributed by atoms with Crippen molar-refractivity contribution in [3.8, 4) is 0 Å². The van der Waals surface area contributed by atoms with Crippen molar-refractivity contribution in [1.29, 1.82) is 0 Å². The van der Waals surface area contributed by atoms with E-state index in [9.17, 15) is 27.2 Å². The number of hydrogen-bond donors (Lipinski definition) is 3. The van der Waals surface area contributed by atoms with Crippen LogP contribution in [0.2, 0.25) is 0 Å². The second kappa shape index (κ2) is 5.52. The van der Waals surface area contributed by atoms with Crippen LogP contribution in [0.25, 0.3) is 10.9 Å². The number of carbonyl (C=O) groups excluding carboxylic acids is 1. The Morgan fingerprint density at radius 2 is 1.83 bits per heavy atom. The number of carbonyl (C=O) groups is 1. The maximum atomic E-state index is 13.4. The summed E-state index contributed by atoms with van der Waals surface area (Å²) in [6.07, 6.45) is -4.77. The molecule has 5 nitrogen and oxygen atoms in total. The Kier molecular flexibility index (Phi) is 3.63. The Morgan fingerprint density at radius 1 is 1.08 bits per heavy atom. The minimum absolute atomic E-state index is 0.175. The second-order valence-electron chi connectivity index (χ2n) is 4.99. The van der Waals surface area contributed by atoms with Gasteiger partial charge in [-0.1, -0.05) is 6.07 Å². The highest BCUT2D eigenvalue weighted by Gasteiger charge is 2.32. The van der Waals surface area contributed by atoms with Crippen LogP contribution in [0.5, 0.6) is 0 Å². The van der Waals surface area contributed by atoms with Crippen LogP contribution in [0.15, 0.2) is 41.2 Å². The number of anilines is 1. The molecule has 24 heavy (non-hydrogen) atoms. The number of amides is 1. The zero-order valence-electron chi connectivity index (χ0n) is 11.8. The quantitative estimate of drug-likeness (QED) is 0.627. The summed E-state index contributed by atoms with van der Waals surface area (Å²) in [5, 5.41) is 7.51. The minimum Gasteiger partial charge on any atom is -0.320 e. The SMILES string of the molecule is O=C(Nc1cccc2c(=O)[nH][nH]c12)c1cc(F)cc(C(F)(F)F)c1. The topological polar surface area (TPSA) is 77.8 Å². The molecule has 2 aromatic carbocycles. The van der Waals surface area contributed by atoms with Gasteiger partial charge in [0.2, 0.25) is 0 Å². The fourth-order valence-corrected chi connectivity index (χ4v) is 2.25. The van der Waals surface area contributed by atoms with E-state index in [0.29, 0.717) is 18.2 Å². The number of H-pyrrole nitrogens is 2.